The molecule has 32 heavy (non-hydrogen) atoms. The molecule has 1 N–H and O–H groups in total. The summed E-state index contributed by atoms with van der Waals surface area (Å²) in [6.45, 7) is 5.18. The predicted molar refractivity (Wildman–Crippen MR) is 120 cm³/mol. The van der Waals surface area contributed by atoms with Crippen molar-refractivity contribution < 1.29 is 18.8 Å². The van der Waals surface area contributed by atoms with E-state index in [2.05, 4.69) is 15.5 Å². The molecule has 2 heterocycles. The number of ether oxygens (including phenoxy) is 1. The molecule has 8 heteroatoms. The molecule has 0 saturated heterocycles. The van der Waals surface area contributed by atoms with Gasteiger partial charge in [0.25, 0.3) is 5.91 Å². The van der Waals surface area contributed by atoms with Gasteiger partial charge in [-0.05, 0) is 30.2 Å². The molecule has 0 aliphatic heterocycles. The van der Waals surface area contributed by atoms with Gasteiger partial charge in [-0.1, -0.05) is 37.2 Å². The third kappa shape index (κ3) is 6.41. The maximum atomic E-state index is 13.1. The van der Waals surface area contributed by atoms with Crippen LogP contribution in [0.3, 0.4) is 0 Å². The second kappa shape index (κ2) is 11.1. The minimum absolute atomic E-state index is 0.144. The summed E-state index contributed by atoms with van der Waals surface area (Å²) >= 11 is 0. The summed E-state index contributed by atoms with van der Waals surface area (Å²) in [5.41, 5.74) is 1.75. The number of methoxy groups -OCH3 is 1. The van der Waals surface area contributed by atoms with E-state index < -0.39 is 0 Å². The number of pyridine rings is 1. The van der Waals surface area contributed by atoms with Crippen LogP contribution in [0.2, 0.25) is 0 Å². The predicted octanol–water partition coefficient (Wildman–Crippen LogP) is 3.55. The molecule has 3 aromatic rings. The Balaban J connectivity index is 1.63. The van der Waals surface area contributed by atoms with E-state index in [-0.39, 0.29) is 36.4 Å². The van der Waals surface area contributed by atoms with E-state index in [0.717, 1.165) is 11.3 Å². The zero-order valence-electron chi connectivity index (χ0n) is 18.6. The lowest BCUT2D eigenvalue weighted by Crippen LogP contribution is -2.37. The maximum Gasteiger partial charge on any atom is 0.276 e. The van der Waals surface area contributed by atoms with Crippen molar-refractivity contribution >= 4 is 11.8 Å². The summed E-state index contributed by atoms with van der Waals surface area (Å²) in [6, 6.07) is 14.5. The summed E-state index contributed by atoms with van der Waals surface area (Å²) in [5.74, 6) is 0.985. The van der Waals surface area contributed by atoms with Crippen LogP contribution in [0, 0.1) is 5.92 Å². The zero-order chi connectivity index (χ0) is 22.9. The number of hydrogen-bond acceptors (Lipinski definition) is 6. The van der Waals surface area contributed by atoms with Crippen LogP contribution in [0.1, 0.15) is 36.5 Å². The monoisotopic (exact) mass is 436 g/mol. The quantitative estimate of drug-likeness (QED) is 0.522. The summed E-state index contributed by atoms with van der Waals surface area (Å²) in [4.78, 5) is 31.2. The van der Waals surface area contributed by atoms with E-state index in [0.29, 0.717) is 24.6 Å². The second-order valence-electron chi connectivity index (χ2n) is 7.80. The van der Waals surface area contributed by atoms with Crippen molar-refractivity contribution in [3.63, 3.8) is 0 Å². The molecule has 168 valence electrons. The normalized spacial score (nSPS) is 10.8. The molecule has 2 amide bonds. The number of nitrogens with zero attached hydrogens (tertiary/aromatic N) is 3. The standard InChI is InChI=1S/C24H28N4O4/c1-17(2)16-28(12-10-23(29)26-15-19-8-4-5-11-25-19)24(30)21-14-22(32-27-21)18-7-6-9-20(13-18)31-3/h4-9,11,13-14,17H,10,12,15-16H2,1-3H3,(H,26,29). The number of carbonyl (C=O) groups excluding carboxylic acids is 2. The summed E-state index contributed by atoms with van der Waals surface area (Å²) in [7, 11) is 1.59. The summed E-state index contributed by atoms with van der Waals surface area (Å²) in [6.07, 6.45) is 1.87. The van der Waals surface area contributed by atoms with Gasteiger partial charge in [0.05, 0.1) is 19.3 Å². The van der Waals surface area contributed by atoms with Crippen LogP contribution in [0.25, 0.3) is 11.3 Å². The Kier molecular flexibility index (Phi) is 7.96. The molecule has 3 rings (SSSR count). The number of hydrogen-bond donors (Lipinski definition) is 1. The first kappa shape index (κ1) is 23.0. The van der Waals surface area contributed by atoms with Crippen LogP contribution >= 0.6 is 0 Å². The Hall–Kier alpha value is -3.68. The van der Waals surface area contributed by atoms with Gasteiger partial charge in [-0.25, -0.2) is 0 Å². The first-order valence-corrected chi connectivity index (χ1v) is 10.5. The van der Waals surface area contributed by atoms with Gasteiger partial charge >= 0.3 is 0 Å². The molecule has 1 aromatic carbocycles. The molecular formula is C24H28N4O4. The number of rotatable bonds is 10. The lowest BCUT2D eigenvalue weighted by atomic mass is 10.1. The van der Waals surface area contributed by atoms with Gasteiger partial charge in [0, 0.05) is 37.3 Å². The zero-order valence-corrected chi connectivity index (χ0v) is 18.6. The van der Waals surface area contributed by atoms with E-state index in [1.807, 2.05) is 56.3 Å². The van der Waals surface area contributed by atoms with Crippen molar-refractivity contribution in [1.82, 2.24) is 20.4 Å². The fraction of sp³-hybridized carbons (Fsp3) is 0.333. The van der Waals surface area contributed by atoms with Gasteiger partial charge in [0.2, 0.25) is 5.91 Å². The van der Waals surface area contributed by atoms with Crippen LogP contribution in [0.5, 0.6) is 5.75 Å². The highest BCUT2D eigenvalue weighted by atomic mass is 16.5. The van der Waals surface area contributed by atoms with Crippen molar-refractivity contribution in [2.75, 3.05) is 20.2 Å². The molecule has 0 spiro atoms. The molecule has 0 aliphatic carbocycles. The summed E-state index contributed by atoms with van der Waals surface area (Å²) in [5, 5.41) is 6.80. The maximum absolute atomic E-state index is 13.1. The highest BCUT2D eigenvalue weighted by molar-refractivity contribution is 5.93. The van der Waals surface area contributed by atoms with Crippen molar-refractivity contribution in [3.8, 4) is 17.1 Å². The van der Waals surface area contributed by atoms with Gasteiger partial charge in [0.15, 0.2) is 11.5 Å². The van der Waals surface area contributed by atoms with Crippen molar-refractivity contribution in [1.29, 1.82) is 0 Å². The molecule has 0 bridgehead atoms. The number of carbonyl (C=O) groups is 2. The Morgan fingerprint density at radius 1 is 1.16 bits per heavy atom. The fourth-order valence-corrected chi connectivity index (χ4v) is 3.18. The molecule has 2 aromatic heterocycles. The Morgan fingerprint density at radius 2 is 2.00 bits per heavy atom. The van der Waals surface area contributed by atoms with Crippen molar-refractivity contribution in [2.24, 2.45) is 5.92 Å². The van der Waals surface area contributed by atoms with E-state index in [4.69, 9.17) is 9.26 Å². The molecular weight excluding hydrogens is 408 g/mol. The highest BCUT2D eigenvalue weighted by Gasteiger charge is 2.22. The number of amides is 2. The molecule has 0 fully saturated rings. The van der Waals surface area contributed by atoms with Gasteiger partial charge in [-0.2, -0.15) is 0 Å². The van der Waals surface area contributed by atoms with Crippen LogP contribution in [-0.2, 0) is 11.3 Å². The smallest absolute Gasteiger partial charge is 0.276 e. The van der Waals surface area contributed by atoms with Crippen LogP contribution < -0.4 is 10.1 Å². The average Bonchev–Trinajstić information content (AvgIpc) is 3.31. The van der Waals surface area contributed by atoms with E-state index in [9.17, 15) is 9.59 Å². The molecule has 0 aliphatic rings. The van der Waals surface area contributed by atoms with Crippen LogP contribution in [-0.4, -0.2) is 47.1 Å². The Labute approximate surface area is 187 Å². The fourth-order valence-electron chi connectivity index (χ4n) is 3.18. The first-order valence-electron chi connectivity index (χ1n) is 10.5. The largest absolute Gasteiger partial charge is 0.497 e. The van der Waals surface area contributed by atoms with E-state index in [1.165, 1.54) is 0 Å². The Morgan fingerprint density at radius 3 is 2.72 bits per heavy atom. The van der Waals surface area contributed by atoms with Gasteiger partial charge in [-0.15, -0.1) is 0 Å². The first-order chi connectivity index (χ1) is 15.5. The van der Waals surface area contributed by atoms with E-state index in [1.54, 1.807) is 24.3 Å². The lowest BCUT2D eigenvalue weighted by molar-refractivity contribution is -0.121. The molecule has 0 atom stereocenters. The van der Waals surface area contributed by atoms with E-state index >= 15 is 0 Å². The third-order valence-electron chi connectivity index (χ3n) is 4.76. The molecule has 0 unspecified atom stereocenters. The summed E-state index contributed by atoms with van der Waals surface area (Å²) < 4.78 is 10.6. The topological polar surface area (TPSA) is 97.6 Å². The Bertz CT molecular complexity index is 1030. The lowest BCUT2D eigenvalue weighted by Gasteiger charge is -2.23. The number of benzene rings is 1. The highest BCUT2D eigenvalue weighted by Crippen LogP contribution is 2.25. The molecule has 8 nitrogen and oxygen atoms in total. The van der Waals surface area contributed by atoms with Gasteiger partial charge in [-0.3, -0.25) is 14.6 Å². The van der Waals surface area contributed by atoms with Crippen molar-refractivity contribution in [2.45, 2.75) is 26.8 Å². The number of nitrogens with one attached hydrogen (secondary N) is 1. The van der Waals surface area contributed by atoms with Crippen molar-refractivity contribution in [3.05, 3.63) is 66.1 Å². The number of aromatic nitrogens is 2. The SMILES string of the molecule is COc1cccc(-c2cc(C(=O)N(CCC(=O)NCc3ccccn3)CC(C)C)no2)c1. The molecule has 0 radical (unpaired) electrons. The third-order valence-corrected chi connectivity index (χ3v) is 4.76. The van der Waals surface area contributed by atoms with Gasteiger partial charge < -0.3 is 19.5 Å². The minimum atomic E-state index is -0.269. The van der Waals surface area contributed by atoms with Crippen LogP contribution in [0.4, 0.5) is 0 Å². The van der Waals surface area contributed by atoms with Gasteiger partial charge in [0.1, 0.15) is 5.75 Å². The van der Waals surface area contributed by atoms with Crippen LogP contribution in [0.15, 0.2) is 59.3 Å². The minimum Gasteiger partial charge on any atom is -0.497 e. The average molecular weight is 437 g/mol. The second-order valence-corrected chi connectivity index (χ2v) is 7.80. The molecule has 0 saturated carbocycles.